The van der Waals surface area contributed by atoms with Gasteiger partial charge in [0.15, 0.2) is 11.5 Å². The summed E-state index contributed by atoms with van der Waals surface area (Å²) in [5.41, 5.74) is -1.21. The van der Waals surface area contributed by atoms with Crippen molar-refractivity contribution in [2.24, 2.45) is 11.8 Å². The number of benzene rings is 3. The minimum Gasteiger partial charge on any atom is -0.504 e. The molecule has 1 aliphatic carbocycles. The largest absolute Gasteiger partial charge is 0.504 e. The van der Waals surface area contributed by atoms with Crippen molar-refractivity contribution in [2.75, 3.05) is 7.11 Å². The minimum atomic E-state index is -4.67. The number of amides is 4. The Balaban J connectivity index is 1.48. The third kappa shape index (κ3) is 9.51. The van der Waals surface area contributed by atoms with E-state index in [1.54, 1.807) is 32.0 Å². The summed E-state index contributed by atoms with van der Waals surface area (Å²) in [5.74, 6) is -3.92. The molecule has 1 aromatic heterocycles. The second-order valence-corrected chi connectivity index (χ2v) is 14.8. The van der Waals surface area contributed by atoms with Crippen LogP contribution in [-0.4, -0.2) is 58.5 Å². The van der Waals surface area contributed by atoms with Crippen LogP contribution in [-0.2, 0) is 51.2 Å². The molecule has 57 heavy (non-hydrogen) atoms. The van der Waals surface area contributed by atoms with E-state index in [2.05, 4.69) is 26.3 Å². The highest BCUT2D eigenvalue weighted by Crippen LogP contribution is 2.40. The quantitative estimate of drug-likeness (QED) is 0.0809. The van der Waals surface area contributed by atoms with E-state index in [0.29, 0.717) is 29.7 Å². The number of ether oxygens (including phenoxy) is 1. The third-order valence-corrected chi connectivity index (χ3v) is 11.0. The number of methoxy groups -OCH3 is 1. The molecule has 1 aliphatic rings. The van der Waals surface area contributed by atoms with Gasteiger partial charge in [-0.3, -0.25) is 19.2 Å². The van der Waals surface area contributed by atoms with Gasteiger partial charge in [-0.05, 0) is 65.6 Å². The zero-order valence-electron chi connectivity index (χ0n) is 32.5. The number of fused-ring (bicyclic) bond motifs is 3. The average molecular weight is 796 g/mol. The van der Waals surface area contributed by atoms with Crippen molar-refractivity contribution < 1.29 is 46.6 Å². The van der Waals surface area contributed by atoms with Gasteiger partial charge in [-0.25, -0.2) is 4.39 Å². The van der Waals surface area contributed by atoms with E-state index in [1.807, 2.05) is 13.8 Å². The van der Waals surface area contributed by atoms with Gasteiger partial charge in [0.25, 0.3) is 0 Å². The number of alkyl halides is 3. The number of H-pyrrole nitrogens is 1. The molecule has 4 amide bonds. The standard InChI is InChI=1S/C42H49F4N5O6/c1-6-23(3)35(38(54)47-22-25-15-16-33(57-5)32(52)19-25)50-40(56)41(18-17-31-28(21-41)27-12-10-13-29(37(27)48-31)42(44,45)46)51-39(55)36(24(4)7-2)49-34(53)20-26-11-8-9-14-30(26)43/h8-16,19,23-24,35-36,48,52H,6-7,17-18,20-22H2,1-5H3,(H,47,54)(H,49,53)(H,50,56)(H,51,55)/t23?,24?,35-,36-,41+/m0/s1. The molecule has 15 heteroatoms. The van der Waals surface area contributed by atoms with Crippen molar-refractivity contribution in [1.29, 1.82) is 0 Å². The van der Waals surface area contributed by atoms with E-state index in [0.717, 1.165) is 6.07 Å². The fourth-order valence-corrected chi connectivity index (χ4v) is 7.25. The van der Waals surface area contributed by atoms with Crippen molar-refractivity contribution >= 4 is 34.5 Å². The molecule has 0 radical (unpaired) electrons. The van der Waals surface area contributed by atoms with Gasteiger partial charge in [0.05, 0.1) is 24.6 Å². The van der Waals surface area contributed by atoms with Crippen molar-refractivity contribution in [3.05, 3.63) is 94.4 Å². The highest BCUT2D eigenvalue weighted by atomic mass is 19.4. The van der Waals surface area contributed by atoms with E-state index in [-0.39, 0.29) is 60.2 Å². The number of aryl methyl sites for hydroxylation is 1. The zero-order chi connectivity index (χ0) is 41.7. The lowest BCUT2D eigenvalue weighted by Gasteiger charge is -2.39. The number of carbonyl (C=O) groups is 4. The number of hydrogen-bond acceptors (Lipinski definition) is 6. The predicted molar refractivity (Wildman–Crippen MR) is 206 cm³/mol. The molecular weight excluding hydrogens is 746 g/mol. The van der Waals surface area contributed by atoms with Crippen LogP contribution >= 0.6 is 0 Å². The number of halogens is 4. The van der Waals surface area contributed by atoms with Gasteiger partial charge in [0.1, 0.15) is 23.4 Å². The molecular formula is C42H49F4N5O6. The molecule has 0 bridgehead atoms. The Morgan fingerprint density at radius 3 is 2.25 bits per heavy atom. The molecule has 6 N–H and O–H groups in total. The van der Waals surface area contributed by atoms with E-state index in [4.69, 9.17) is 4.74 Å². The number of phenolic OH excluding ortho intramolecular Hbond substituents is 1. The van der Waals surface area contributed by atoms with Gasteiger partial charge in [-0.2, -0.15) is 13.2 Å². The van der Waals surface area contributed by atoms with Crippen LogP contribution < -0.4 is 26.0 Å². The lowest BCUT2D eigenvalue weighted by molar-refractivity contribution is -0.139. The van der Waals surface area contributed by atoms with Crippen LogP contribution in [0.15, 0.2) is 60.7 Å². The maximum atomic E-state index is 14.8. The number of nitrogens with one attached hydrogen (secondary N) is 5. The van der Waals surface area contributed by atoms with Gasteiger partial charge < -0.3 is 36.1 Å². The summed E-state index contributed by atoms with van der Waals surface area (Å²) in [4.78, 5) is 59.1. The molecule has 2 unspecified atom stereocenters. The summed E-state index contributed by atoms with van der Waals surface area (Å²) in [7, 11) is 1.41. The fourth-order valence-electron chi connectivity index (χ4n) is 7.25. The number of aromatic hydroxyl groups is 1. The summed E-state index contributed by atoms with van der Waals surface area (Å²) in [6.45, 7) is 7.18. The van der Waals surface area contributed by atoms with Crippen LogP contribution in [0.1, 0.15) is 74.9 Å². The van der Waals surface area contributed by atoms with Crippen molar-refractivity contribution in [3.8, 4) is 11.5 Å². The van der Waals surface area contributed by atoms with Crippen LogP contribution in [0.25, 0.3) is 10.9 Å². The highest BCUT2D eigenvalue weighted by molar-refractivity contribution is 5.99. The molecule has 3 aromatic carbocycles. The van der Waals surface area contributed by atoms with E-state index >= 15 is 0 Å². The Hall–Kier alpha value is -5.60. The Kier molecular flexibility index (Phi) is 13.2. The average Bonchev–Trinajstić information content (AvgIpc) is 3.55. The summed E-state index contributed by atoms with van der Waals surface area (Å²) in [6, 6.07) is 11.9. The monoisotopic (exact) mass is 795 g/mol. The number of phenols is 1. The molecule has 306 valence electrons. The molecule has 0 saturated heterocycles. The summed E-state index contributed by atoms with van der Waals surface area (Å²) in [5, 5.41) is 21.7. The number of aromatic nitrogens is 1. The highest BCUT2D eigenvalue weighted by Gasteiger charge is 2.47. The normalized spacial score (nSPS) is 17.4. The fraction of sp³-hybridized carbons (Fsp3) is 0.429. The molecule has 0 fully saturated rings. The first-order chi connectivity index (χ1) is 27.0. The molecule has 0 saturated carbocycles. The number of carbonyl (C=O) groups excluding carboxylic acids is 4. The first kappa shape index (κ1) is 42.5. The Morgan fingerprint density at radius 2 is 1.61 bits per heavy atom. The number of rotatable bonds is 15. The lowest BCUT2D eigenvalue weighted by atomic mass is 9.78. The molecule has 0 spiro atoms. The van der Waals surface area contributed by atoms with Crippen molar-refractivity contribution in [1.82, 2.24) is 26.3 Å². The smallest absolute Gasteiger partial charge is 0.418 e. The van der Waals surface area contributed by atoms with Crippen LogP contribution in [0, 0.1) is 17.7 Å². The Labute approximate surface area is 328 Å². The maximum Gasteiger partial charge on any atom is 0.418 e. The van der Waals surface area contributed by atoms with Crippen molar-refractivity contribution in [3.63, 3.8) is 0 Å². The summed E-state index contributed by atoms with van der Waals surface area (Å²) < 4.78 is 61.8. The Morgan fingerprint density at radius 1 is 0.930 bits per heavy atom. The molecule has 5 atom stereocenters. The second kappa shape index (κ2) is 17.7. The summed E-state index contributed by atoms with van der Waals surface area (Å²) >= 11 is 0. The van der Waals surface area contributed by atoms with Gasteiger partial charge >= 0.3 is 6.18 Å². The van der Waals surface area contributed by atoms with Gasteiger partial charge in [-0.1, -0.05) is 76.9 Å². The number of aromatic amines is 1. The first-order valence-corrected chi connectivity index (χ1v) is 19.0. The van der Waals surface area contributed by atoms with Crippen LogP contribution in [0.5, 0.6) is 11.5 Å². The minimum absolute atomic E-state index is 0.00444. The van der Waals surface area contributed by atoms with Crippen LogP contribution in [0.2, 0.25) is 0 Å². The van der Waals surface area contributed by atoms with Crippen LogP contribution in [0.4, 0.5) is 17.6 Å². The SMILES string of the molecule is CCC(C)[C@H](NC(=O)Cc1ccccc1F)C(=O)N[C@]1(C(=O)N[C@H](C(=O)NCc2ccc(OC)c(O)c2)C(C)CC)CCc2[nH]c3c(C(F)(F)F)cccc3c2C1. The molecule has 0 aliphatic heterocycles. The molecule has 11 nitrogen and oxygen atoms in total. The lowest BCUT2D eigenvalue weighted by Crippen LogP contribution is -2.67. The Bertz CT molecular complexity index is 2120. The number of para-hydroxylation sites is 1. The van der Waals surface area contributed by atoms with Crippen molar-refractivity contribution in [2.45, 2.75) is 96.6 Å². The third-order valence-electron chi connectivity index (χ3n) is 11.0. The topological polar surface area (TPSA) is 162 Å². The number of hydrogen-bond donors (Lipinski definition) is 6. The van der Waals surface area contributed by atoms with Crippen LogP contribution in [0.3, 0.4) is 0 Å². The predicted octanol–water partition coefficient (Wildman–Crippen LogP) is 6.00. The van der Waals surface area contributed by atoms with Gasteiger partial charge in [-0.15, -0.1) is 0 Å². The van der Waals surface area contributed by atoms with E-state index in [1.165, 1.54) is 43.5 Å². The zero-order valence-corrected chi connectivity index (χ0v) is 32.5. The first-order valence-electron chi connectivity index (χ1n) is 19.0. The second-order valence-electron chi connectivity index (χ2n) is 14.8. The van der Waals surface area contributed by atoms with E-state index in [9.17, 15) is 41.8 Å². The maximum absolute atomic E-state index is 14.8. The molecule has 4 aromatic rings. The molecule has 5 rings (SSSR count). The van der Waals surface area contributed by atoms with Gasteiger partial charge in [0.2, 0.25) is 23.6 Å². The van der Waals surface area contributed by atoms with Gasteiger partial charge in [0, 0.05) is 24.0 Å². The molecule has 1 heterocycles. The summed E-state index contributed by atoms with van der Waals surface area (Å²) in [6.07, 6.45) is -4.31. The van der Waals surface area contributed by atoms with E-state index < -0.39 is 70.6 Å².